The van der Waals surface area contributed by atoms with Gasteiger partial charge in [0.05, 0.1) is 12.0 Å². The molecule has 0 saturated heterocycles. The number of fused-ring (bicyclic) bond motifs is 1. The van der Waals surface area contributed by atoms with Crippen LogP contribution in [0.1, 0.15) is 32.4 Å². The topological polar surface area (TPSA) is 46.5 Å². The first-order valence-electron chi connectivity index (χ1n) is 9.41. The van der Waals surface area contributed by atoms with Crippen LogP contribution in [0.2, 0.25) is 0 Å². The molecule has 3 aromatic carbocycles. The third kappa shape index (κ3) is 5.15. The summed E-state index contributed by atoms with van der Waals surface area (Å²) in [6.45, 7) is 5.53. The van der Waals surface area contributed by atoms with E-state index in [1.165, 1.54) is 0 Å². The number of aliphatic hydroxyl groups is 1. The molecule has 28 heavy (non-hydrogen) atoms. The van der Waals surface area contributed by atoms with Gasteiger partial charge in [0.2, 0.25) is 0 Å². The van der Waals surface area contributed by atoms with Crippen molar-refractivity contribution in [2.75, 3.05) is 5.75 Å². The molecule has 0 amide bonds. The van der Waals surface area contributed by atoms with Gasteiger partial charge < -0.3 is 9.84 Å². The Morgan fingerprint density at radius 3 is 2.32 bits per heavy atom. The second-order valence-electron chi connectivity index (χ2n) is 7.78. The normalized spacial score (nSPS) is 13.9. The molecule has 0 heterocycles. The maximum absolute atomic E-state index is 12.9. The number of aliphatic hydroxyl groups excluding tert-OH is 1. The summed E-state index contributed by atoms with van der Waals surface area (Å²) in [7, 11) is 0. The molecule has 3 nitrogen and oxygen atoms in total. The van der Waals surface area contributed by atoms with Crippen molar-refractivity contribution in [3.05, 3.63) is 78.4 Å². The molecule has 146 valence electrons. The number of hydrogen-bond acceptors (Lipinski definition) is 4. The summed E-state index contributed by atoms with van der Waals surface area (Å²) >= 11 is 1.55. The average Bonchev–Trinajstić information content (AvgIpc) is 2.67. The zero-order valence-corrected chi connectivity index (χ0v) is 17.3. The van der Waals surface area contributed by atoms with Crippen LogP contribution in [0.15, 0.2) is 77.7 Å². The number of thioether (sulfide) groups is 1. The largest absolute Gasteiger partial charge is 0.460 e. The van der Waals surface area contributed by atoms with E-state index in [1.54, 1.807) is 11.8 Å². The van der Waals surface area contributed by atoms with Crippen LogP contribution in [-0.2, 0) is 9.53 Å². The van der Waals surface area contributed by atoms with Gasteiger partial charge in [0.15, 0.2) is 0 Å². The van der Waals surface area contributed by atoms with Crippen molar-refractivity contribution in [3.63, 3.8) is 0 Å². The lowest BCUT2D eigenvalue weighted by Crippen LogP contribution is -2.33. The Morgan fingerprint density at radius 1 is 0.964 bits per heavy atom. The molecule has 4 heteroatoms. The first-order chi connectivity index (χ1) is 13.3. The third-order valence-electron chi connectivity index (χ3n) is 4.41. The Bertz CT molecular complexity index is 926. The van der Waals surface area contributed by atoms with Gasteiger partial charge >= 0.3 is 5.97 Å². The SMILES string of the molecule is CC(C)(C)OC(=O)[C@H](CSc1ccccc1)[C@H](O)c1cccc2ccccc12. The molecule has 0 aromatic heterocycles. The maximum Gasteiger partial charge on any atom is 0.313 e. The quantitative estimate of drug-likeness (QED) is 0.435. The maximum atomic E-state index is 12.9. The average molecular weight is 395 g/mol. The molecule has 0 bridgehead atoms. The van der Waals surface area contributed by atoms with Crippen molar-refractivity contribution >= 4 is 28.5 Å². The summed E-state index contributed by atoms with van der Waals surface area (Å²) < 4.78 is 5.63. The highest BCUT2D eigenvalue weighted by atomic mass is 32.2. The number of hydrogen-bond donors (Lipinski definition) is 1. The number of benzene rings is 3. The molecule has 0 aliphatic heterocycles. The molecule has 0 fully saturated rings. The van der Waals surface area contributed by atoms with Crippen molar-refractivity contribution < 1.29 is 14.6 Å². The fraction of sp³-hybridized carbons (Fsp3) is 0.292. The Kier molecular flexibility index (Phi) is 6.42. The predicted molar refractivity (Wildman–Crippen MR) is 115 cm³/mol. The van der Waals surface area contributed by atoms with Crippen LogP contribution in [0.25, 0.3) is 10.8 Å². The predicted octanol–water partition coefficient (Wildman–Crippen LogP) is 5.62. The Balaban J connectivity index is 1.91. The molecular weight excluding hydrogens is 368 g/mol. The van der Waals surface area contributed by atoms with E-state index < -0.39 is 17.6 Å². The zero-order chi connectivity index (χ0) is 20.1. The lowest BCUT2D eigenvalue weighted by molar-refractivity contribution is -0.163. The Morgan fingerprint density at radius 2 is 1.61 bits per heavy atom. The van der Waals surface area contributed by atoms with Crippen LogP contribution >= 0.6 is 11.8 Å². The zero-order valence-electron chi connectivity index (χ0n) is 16.5. The lowest BCUT2D eigenvalue weighted by atomic mass is 9.92. The summed E-state index contributed by atoms with van der Waals surface area (Å²) in [5.41, 5.74) is 0.146. The van der Waals surface area contributed by atoms with E-state index in [-0.39, 0.29) is 5.97 Å². The molecule has 0 spiro atoms. The van der Waals surface area contributed by atoms with Gasteiger partial charge in [-0.2, -0.15) is 0 Å². The second-order valence-corrected chi connectivity index (χ2v) is 8.87. The fourth-order valence-electron chi connectivity index (χ4n) is 3.09. The minimum atomic E-state index is -0.947. The highest BCUT2D eigenvalue weighted by molar-refractivity contribution is 7.99. The van der Waals surface area contributed by atoms with Crippen LogP contribution in [0.3, 0.4) is 0 Å². The highest BCUT2D eigenvalue weighted by Gasteiger charge is 2.33. The van der Waals surface area contributed by atoms with Gasteiger partial charge in [-0.1, -0.05) is 60.7 Å². The third-order valence-corrected chi connectivity index (χ3v) is 5.54. The monoisotopic (exact) mass is 394 g/mol. The van der Waals surface area contributed by atoms with Gasteiger partial charge in [0.1, 0.15) is 5.60 Å². The Hall–Kier alpha value is -2.30. The summed E-state index contributed by atoms with van der Waals surface area (Å²) in [5, 5.41) is 13.2. The molecule has 0 aliphatic rings. The number of rotatable bonds is 6. The molecule has 0 unspecified atom stereocenters. The van der Waals surface area contributed by atoms with Crippen LogP contribution in [0.4, 0.5) is 0 Å². The number of esters is 1. The van der Waals surface area contributed by atoms with Crippen LogP contribution < -0.4 is 0 Å². The summed E-state index contributed by atoms with van der Waals surface area (Å²) in [6, 6.07) is 23.6. The number of carbonyl (C=O) groups excluding carboxylic acids is 1. The van der Waals surface area contributed by atoms with Crippen molar-refractivity contribution in [2.24, 2.45) is 5.92 Å². The lowest BCUT2D eigenvalue weighted by Gasteiger charge is -2.27. The molecule has 3 rings (SSSR count). The molecule has 0 radical (unpaired) electrons. The first kappa shape index (κ1) is 20.4. The molecule has 0 saturated carbocycles. The highest BCUT2D eigenvalue weighted by Crippen LogP contribution is 2.34. The standard InChI is InChI=1S/C24H26O3S/c1-24(2,3)27-23(26)21(16-28-18-12-5-4-6-13-18)22(25)20-15-9-11-17-10-7-8-14-19(17)20/h4-15,21-22,25H,16H2,1-3H3/t21-,22-/m1/s1. The van der Waals surface area contributed by atoms with Crippen molar-refractivity contribution in [1.29, 1.82) is 0 Å². The van der Waals surface area contributed by atoms with Crippen LogP contribution in [-0.4, -0.2) is 22.4 Å². The van der Waals surface area contributed by atoms with Crippen molar-refractivity contribution in [2.45, 2.75) is 37.4 Å². The van der Waals surface area contributed by atoms with E-state index in [2.05, 4.69) is 0 Å². The van der Waals surface area contributed by atoms with Gasteiger partial charge in [-0.3, -0.25) is 4.79 Å². The van der Waals surface area contributed by atoms with E-state index in [4.69, 9.17) is 4.74 Å². The smallest absolute Gasteiger partial charge is 0.313 e. The molecular formula is C24H26O3S. The van der Waals surface area contributed by atoms with E-state index in [9.17, 15) is 9.90 Å². The van der Waals surface area contributed by atoms with E-state index >= 15 is 0 Å². The van der Waals surface area contributed by atoms with Crippen molar-refractivity contribution in [3.8, 4) is 0 Å². The summed E-state index contributed by atoms with van der Waals surface area (Å²) in [6.07, 6.45) is -0.947. The second kappa shape index (κ2) is 8.80. The van der Waals surface area contributed by atoms with Gasteiger partial charge in [-0.15, -0.1) is 11.8 Å². The Labute approximate surface area is 170 Å². The molecule has 0 aliphatic carbocycles. The van der Waals surface area contributed by atoms with Crippen LogP contribution in [0, 0.1) is 5.92 Å². The van der Waals surface area contributed by atoms with Crippen LogP contribution in [0.5, 0.6) is 0 Å². The van der Waals surface area contributed by atoms with Gasteiger partial charge in [-0.25, -0.2) is 0 Å². The van der Waals surface area contributed by atoms with Crippen molar-refractivity contribution in [1.82, 2.24) is 0 Å². The molecule has 2 atom stereocenters. The van der Waals surface area contributed by atoms with E-state index in [0.717, 1.165) is 21.2 Å². The van der Waals surface area contributed by atoms with Gasteiger partial charge in [0.25, 0.3) is 0 Å². The minimum absolute atomic E-state index is 0.378. The summed E-state index contributed by atoms with van der Waals surface area (Å²) in [5.74, 6) is -0.616. The first-order valence-corrected chi connectivity index (χ1v) is 10.4. The number of ether oxygens (including phenoxy) is 1. The number of carbonyl (C=O) groups is 1. The van der Waals surface area contributed by atoms with Gasteiger partial charge in [-0.05, 0) is 49.2 Å². The molecule has 3 aromatic rings. The summed E-state index contributed by atoms with van der Waals surface area (Å²) in [4.78, 5) is 14.0. The van der Waals surface area contributed by atoms with E-state index in [0.29, 0.717) is 5.75 Å². The molecule has 1 N–H and O–H groups in total. The minimum Gasteiger partial charge on any atom is -0.460 e. The van der Waals surface area contributed by atoms with Gasteiger partial charge in [0, 0.05) is 10.6 Å². The fourth-order valence-corrected chi connectivity index (χ4v) is 4.13. The van der Waals surface area contributed by atoms with E-state index in [1.807, 2.05) is 93.6 Å².